The number of hydrogen-bond donors (Lipinski definition) is 2. The number of anilines is 1. The first kappa shape index (κ1) is 18.7. The third-order valence-electron chi connectivity index (χ3n) is 4.52. The number of amides is 1. The van der Waals surface area contributed by atoms with Gasteiger partial charge in [-0.25, -0.2) is 13.1 Å². The molecule has 0 radical (unpaired) electrons. The first-order valence-corrected chi connectivity index (χ1v) is 9.95. The predicted octanol–water partition coefficient (Wildman–Crippen LogP) is 2.44. The standard InChI is InChI=1S/C17H26N2O4S/c1-4-24(21,22)19-14-7-5-13(6-8-14)17(20)18-16-10-9-15(23-3)11-12(16)2/h9-11,13-14,19H,4-8H2,1-3H3,(H,18,20)/t13-,14-. The second-order valence-electron chi connectivity index (χ2n) is 6.24. The van der Waals surface area contributed by atoms with Gasteiger partial charge in [0.2, 0.25) is 15.9 Å². The minimum atomic E-state index is -3.18. The fourth-order valence-corrected chi connectivity index (χ4v) is 3.86. The van der Waals surface area contributed by atoms with E-state index in [9.17, 15) is 13.2 Å². The van der Waals surface area contributed by atoms with Gasteiger partial charge >= 0.3 is 0 Å². The fourth-order valence-electron chi connectivity index (χ4n) is 2.95. The molecule has 0 saturated heterocycles. The van der Waals surface area contributed by atoms with Gasteiger partial charge in [-0.1, -0.05) is 0 Å². The Bertz CT molecular complexity index is 680. The zero-order valence-electron chi connectivity index (χ0n) is 14.5. The van der Waals surface area contributed by atoms with Crippen LogP contribution in [0.25, 0.3) is 0 Å². The topological polar surface area (TPSA) is 84.5 Å². The van der Waals surface area contributed by atoms with E-state index >= 15 is 0 Å². The van der Waals surface area contributed by atoms with Gasteiger partial charge in [-0.3, -0.25) is 4.79 Å². The van der Waals surface area contributed by atoms with Gasteiger partial charge in [0, 0.05) is 17.6 Å². The van der Waals surface area contributed by atoms with E-state index in [-0.39, 0.29) is 23.6 Å². The van der Waals surface area contributed by atoms with Crippen molar-refractivity contribution in [3.63, 3.8) is 0 Å². The second kappa shape index (κ2) is 7.98. The number of hydrogen-bond acceptors (Lipinski definition) is 4. The Morgan fingerprint density at radius 3 is 2.46 bits per heavy atom. The maximum atomic E-state index is 12.4. The Kier molecular flexibility index (Phi) is 6.23. The number of methoxy groups -OCH3 is 1. The van der Waals surface area contributed by atoms with Crippen LogP contribution < -0.4 is 14.8 Å². The van der Waals surface area contributed by atoms with Crippen LogP contribution in [0, 0.1) is 12.8 Å². The summed E-state index contributed by atoms with van der Waals surface area (Å²) in [5, 5.41) is 2.97. The molecule has 1 saturated carbocycles. The first-order chi connectivity index (χ1) is 11.3. The van der Waals surface area contributed by atoms with Crippen molar-refractivity contribution in [1.82, 2.24) is 4.72 Å². The first-order valence-electron chi connectivity index (χ1n) is 8.30. The molecule has 2 N–H and O–H groups in total. The van der Waals surface area contributed by atoms with Crippen LogP contribution in [-0.2, 0) is 14.8 Å². The van der Waals surface area contributed by atoms with Crippen molar-refractivity contribution in [2.75, 3.05) is 18.2 Å². The molecule has 0 aliphatic heterocycles. The Balaban J connectivity index is 1.89. The largest absolute Gasteiger partial charge is 0.497 e. The summed E-state index contributed by atoms with van der Waals surface area (Å²) >= 11 is 0. The lowest BCUT2D eigenvalue weighted by atomic mass is 9.86. The summed E-state index contributed by atoms with van der Waals surface area (Å²) in [7, 11) is -1.57. The normalized spacial score (nSPS) is 21.3. The van der Waals surface area contributed by atoms with Crippen molar-refractivity contribution < 1.29 is 17.9 Å². The molecule has 0 heterocycles. The molecule has 6 nitrogen and oxygen atoms in total. The number of ether oxygens (including phenoxy) is 1. The Labute approximate surface area is 144 Å². The van der Waals surface area contributed by atoms with Gasteiger partial charge in [-0.2, -0.15) is 0 Å². The molecule has 0 spiro atoms. The summed E-state index contributed by atoms with van der Waals surface area (Å²) in [6, 6.07) is 5.49. The average Bonchev–Trinajstić information content (AvgIpc) is 2.57. The molecule has 1 amide bonds. The molecule has 7 heteroatoms. The molecule has 0 atom stereocenters. The fraction of sp³-hybridized carbons (Fsp3) is 0.588. The van der Waals surface area contributed by atoms with Gasteiger partial charge in [-0.05, 0) is 63.3 Å². The zero-order valence-corrected chi connectivity index (χ0v) is 15.3. The minimum Gasteiger partial charge on any atom is -0.497 e. The van der Waals surface area contributed by atoms with Crippen LogP contribution in [0.15, 0.2) is 18.2 Å². The quantitative estimate of drug-likeness (QED) is 0.822. The third-order valence-corrected chi connectivity index (χ3v) is 5.97. The predicted molar refractivity (Wildman–Crippen MR) is 94.7 cm³/mol. The smallest absolute Gasteiger partial charge is 0.227 e. The van der Waals surface area contributed by atoms with Gasteiger partial charge in [0.15, 0.2) is 0 Å². The molecular weight excluding hydrogens is 328 g/mol. The van der Waals surface area contributed by atoms with Crippen LogP contribution in [0.2, 0.25) is 0 Å². The van der Waals surface area contributed by atoms with Crippen molar-refractivity contribution >= 4 is 21.6 Å². The summed E-state index contributed by atoms with van der Waals surface area (Å²) in [5.74, 6) is 0.771. The molecule has 1 aliphatic carbocycles. The Hall–Kier alpha value is -1.60. The van der Waals surface area contributed by atoms with E-state index in [0.29, 0.717) is 25.7 Å². The van der Waals surface area contributed by atoms with Crippen molar-refractivity contribution in [2.24, 2.45) is 5.92 Å². The number of rotatable bonds is 6. The van der Waals surface area contributed by atoms with Crippen molar-refractivity contribution in [3.05, 3.63) is 23.8 Å². The number of carbonyl (C=O) groups is 1. The molecule has 0 bridgehead atoms. The van der Waals surface area contributed by atoms with E-state index in [1.165, 1.54) is 0 Å². The van der Waals surface area contributed by atoms with Crippen LogP contribution in [0.3, 0.4) is 0 Å². The highest BCUT2D eigenvalue weighted by molar-refractivity contribution is 7.89. The lowest BCUT2D eigenvalue weighted by molar-refractivity contribution is -0.120. The molecule has 0 aromatic heterocycles. The van der Waals surface area contributed by atoms with Crippen LogP contribution >= 0.6 is 0 Å². The van der Waals surface area contributed by atoms with E-state index in [0.717, 1.165) is 17.0 Å². The summed E-state index contributed by atoms with van der Waals surface area (Å²) < 4.78 is 31.1. The van der Waals surface area contributed by atoms with Crippen LogP contribution in [-0.4, -0.2) is 33.2 Å². The summed E-state index contributed by atoms with van der Waals surface area (Å²) in [5.41, 5.74) is 1.74. The van der Waals surface area contributed by atoms with Crippen molar-refractivity contribution in [1.29, 1.82) is 0 Å². The van der Waals surface area contributed by atoms with E-state index < -0.39 is 10.0 Å². The Morgan fingerprint density at radius 1 is 1.25 bits per heavy atom. The monoisotopic (exact) mass is 354 g/mol. The van der Waals surface area contributed by atoms with E-state index in [4.69, 9.17) is 4.74 Å². The number of sulfonamides is 1. The van der Waals surface area contributed by atoms with Crippen molar-refractivity contribution in [2.45, 2.75) is 45.6 Å². The van der Waals surface area contributed by atoms with Gasteiger partial charge in [0.05, 0.1) is 12.9 Å². The molecule has 24 heavy (non-hydrogen) atoms. The SMILES string of the molecule is CCS(=O)(=O)N[C@H]1CC[C@H](C(=O)Nc2ccc(OC)cc2C)CC1. The maximum absolute atomic E-state index is 12.4. The summed E-state index contributed by atoms with van der Waals surface area (Å²) in [6.45, 7) is 3.55. The van der Waals surface area contributed by atoms with Crippen molar-refractivity contribution in [3.8, 4) is 5.75 Å². The molecular formula is C17H26N2O4S. The number of aryl methyl sites for hydroxylation is 1. The third kappa shape index (κ3) is 4.95. The summed E-state index contributed by atoms with van der Waals surface area (Å²) in [6.07, 6.45) is 2.77. The zero-order chi connectivity index (χ0) is 17.7. The highest BCUT2D eigenvalue weighted by atomic mass is 32.2. The lowest BCUT2D eigenvalue weighted by Gasteiger charge is -2.28. The van der Waals surface area contributed by atoms with Crippen LogP contribution in [0.5, 0.6) is 5.75 Å². The average molecular weight is 354 g/mol. The number of nitrogens with one attached hydrogen (secondary N) is 2. The highest BCUT2D eigenvalue weighted by Gasteiger charge is 2.28. The second-order valence-corrected chi connectivity index (χ2v) is 8.28. The van der Waals surface area contributed by atoms with E-state index in [1.54, 1.807) is 14.0 Å². The lowest BCUT2D eigenvalue weighted by Crippen LogP contribution is -2.40. The van der Waals surface area contributed by atoms with Crippen LogP contribution in [0.4, 0.5) is 5.69 Å². The number of carbonyl (C=O) groups excluding carboxylic acids is 1. The highest BCUT2D eigenvalue weighted by Crippen LogP contribution is 2.27. The molecule has 134 valence electrons. The Morgan fingerprint density at radius 2 is 1.92 bits per heavy atom. The van der Waals surface area contributed by atoms with Gasteiger partial charge < -0.3 is 10.1 Å². The molecule has 0 unspecified atom stereocenters. The summed E-state index contributed by atoms with van der Waals surface area (Å²) in [4.78, 5) is 12.4. The maximum Gasteiger partial charge on any atom is 0.227 e. The van der Waals surface area contributed by atoms with Gasteiger partial charge in [-0.15, -0.1) is 0 Å². The van der Waals surface area contributed by atoms with E-state index in [1.807, 2.05) is 25.1 Å². The minimum absolute atomic E-state index is 0.0000607. The van der Waals surface area contributed by atoms with E-state index in [2.05, 4.69) is 10.0 Å². The molecule has 1 aromatic rings. The van der Waals surface area contributed by atoms with Crippen LogP contribution in [0.1, 0.15) is 38.2 Å². The molecule has 1 aromatic carbocycles. The molecule has 1 aliphatic rings. The van der Waals surface area contributed by atoms with Gasteiger partial charge in [0.1, 0.15) is 5.75 Å². The molecule has 1 fully saturated rings. The molecule has 2 rings (SSSR count). The van der Waals surface area contributed by atoms with Gasteiger partial charge in [0.25, 0.3) is 0 Å². The number of benzene rings is 1.